The molecule has 3 aromatic heterocycles. The maximum Gasteiger partial charge on any atom is 0.417 e. The molecule has 3 aromatic rings. The van der Waals surface area contributed by atoms with Crippen molar-refractivity contribution in [3.63, 3.8) is 0 Å². The number of likely N-dealkylation sites (N-methyl/N-ethyl adjacent to an activating group) is 1. The molecule has 0 aliphatic carbocycles. The molecule has 32 heavy (non-hydrogen) atoms. The van der Waals surface area contributed by atoms with Gasteiger partial charge in [-0.1, -0.05) is 6.92 Å². The first-order valence-corrected chi connectivity index (χ1v) is 10.2. The summed E-state index contributed by atoms with van der Waals surface area (Å²) in [4.78, 5) is 24.7. The van der Waals surface area contributed by atoms with Crippen LogP contribution in [0.2, 0.25) is 0 Å². The Kier molecular flexibility index (Phi) is 7.06. The van der Waals surface area contributed by atoms with Crippen LogP contribution in [-0.4, -0.2) is 54.9 Å². The number of amides is 1. The Bertz CT molecular complexity index is 1040. The molecule has 0 bridgehead atoms. The third-order valence-electron chi connectivity index (χ3n) is 4.97. The first kappa shape index (κ1) is 23.2. The monoisotopic (exact) mass is 447 g/mol. The first-order valence-electron chi connectivity index (χ1n) is 10.2. The van der Waals surface area contributed by atoms with Gasteiger partial charge in [-0.25, -0.2) is 9.97 Å². The van der Waals surface area contributed by atoms with Crippen LogP contribution in [0, 0.1) is 6.92 Å². The summed E-state index contributed by atoms with van der Waals surface area (Å²) >= 11 is 0. The van der Waals surface area contributed by atoms with Gasteiger partial charge in [-0.3, -0.25) is 4.79 Å². The summed E-state index contributed by atoms with van der Waals surface area (Å²) in [6, 6.07) is 5.53. The van der Waals surface area contributed by atoms with Crippen molar-refractivity contribution in [1.29, 1.82) is 0 Å². The van der Waals surface area contributed by atoms with Crippen molar-refractivity contribution < 1.29 is 18.0 Å². The molecule has 1 N–H and O–H groups in total. The zero-order valence-electron chi connectivity index (χ0n) is 18.0. The van der Waals surface area contributed by atoms with Gasteiger partial charge < -0.3 is 10.2 Å². The van der Waals surface area contributed by atoms with E-state index >= 15 is 0 Å². The minimum absolute atomic E-state index is 0.231. The third-order valence-corrected chi connectivity index (χ3v) is 4.97. The van der Waals surface area contributed by atoms with Crippen LogP contribution in [0.1, 0.15) is 42.0 Å². The van der Waals surface area contributed by atoms with E-state index in [1.807, 2.05) is 13.8 Å². The van der Waals surface area contributed by atoms with E-state index in [0.29, 0.717) is 36.7 Å². The van der Waals surface area contributed by atoms with Crippen LogP contribution in [0.4, 0.5) is 19.0 Å². The summed E-state index contributed by atoms with van der Waals surface area (Å²) in [5, 5.41) is 11.2. The van der Waals surface area contributed by atoms with Gasteiger partial charge in [0.1, 0.15) is 11.5 Å². The van der Waals surface area contributed by atoms with Crippen molar-refractivity contribution in [1.82, 2.24) is 29.9 Å². The summed E-state index contributed by atoms with van der Waals surface area (Å²) in [7, 11) is 0. The third kappa shape index (κ3) is 5.21. The smallest absolute Gasteiger partial charge is 0.368 e. The van der Waals surface area contributed by atoms with E-state index in [1.54, 1.807) is 24.0 Å². The van der Waals surface area contributed by atoms with Gasteiger partial charge in [0.25, 0.3) is 5.91 Å². The van der Waals surface area contributed by atoms with Crippen molar-refractivity contribution in [2.45, 2.75) is 39.4 Å². The molecule has 1 unspecified atom stereocenters. The molecule has 0 aliphatic rings. The van der Waals surface area contributed by atoms with Crippen LogP contribution in [0.25, 0.3) is 5.69 Å². The molecule has 0 spiro atoms. The molecule has 0 aliphatic heterocycles. The number of alkyl halides is 3. The molecular formula is C21H24F3N7O. The van der Waals surface area contributed by atoms with Crippen LogP contribution >= 0.6 is 0 Å². The number of carbonyl (C=O) groups excluding carboxylic acids is 1. The van der Waals surface area contributed by atoms with Crippen molar-refractivity contribution in [2.24, 2.45) is 0 Å². The molecule has 8 nitrogen and oxygen atoms in total. The van der Waals surface area contributed by atoms with E-state index in [1.165, 1.54) is 23.3 Å². The topological polar surface area (TPSA) is 88.8 Å². The lowest BCUT2D eigenvalue weighted by Gasteiger charge is -2.30. The quantitative estimate of drug-likeness (QED) is 0.566. The largest absolute Gasteiger partial charge is 0.417 e. The van der Waals surface area contributed by atoms with Crippen LogP contribution in [0.5, 0.6) is 0 Å². The Morgan fingerprint density at radius 1 is 1.16 bits per heavy atom. The maximum atomic E-state index is 13.4. The lowest BCUT2D eigenvalue weighted by atomic mass is 10.1. The number of anilines is 1. The Labute approximate surface area is 183 Å². The molecule has 1 atom stereocenters. The van der Waals surface area contributed by atoms with Crippen molar-refractivity contribution in [3.8, 4) is 5.69 Å². The lowest BCUT2D eigenvalue weighted by Crippen LogP contribution is -2.44. The Hall–Kier alpha value is -3.50. The van der Waals surface area contributed by atoms with Crippen LogP contribution in [0.3, 0.4) is 0 Å². The minimum Gasteiger partial charge on any atom is -0.368 e. The van der Waals surface area contributed by atoms with E-state index in [2.05, 4.69) is 25.5 Å². The average Bonchev–Trinajstić information content (AvgIpc) is 3.30. The highest BCUT2D eigenvalue weighted by molar-refractivity contribution is 5.96. The van der Waals surface area contributed by atoms with Crippen LogP contribution < -0.4 is 5.32 Å². The number of aryl methyl sites for hydroxylation is 1. The molecule has 11 heteroatoms. The van der Waals surface area contributed by atoms with Gasteiger partial charge in [0, 0.05) is 31.0 Å². The molecule has 0 fully saturated rings. The highest BCUT2D eigenvalue weighted by Crippen LogP contribution is 2.28. The average molecular weight is 447 g/mol. The number of aromatic nitrogens is 5. The Morgan fingerprint density at radius 2 is 1.88 bits per heavy atom. The maximum absolute atomic E-state index is 13.4. The zero-order chi connectivity index (χ0) is 23.3. The summed E-state index contributed by atoms with van der Waals surface area (Å²) in [6.45, 7) is 6.32. The number of nitrogens with one attached hydrogen (secondary N) is 1. The predicted molar refractivity (Wildman–Crippen MR) is 112 cm³/mol. The van der Waals surface area contributed by atoms with Gasteiger partial charge in [0.05, 0.1) is 18.0 Å². The minimum atomic E-state index is -4.44. The number of rotatable bonds is 8. The highest BCUT2D eigenvalue weighted by atomic mass is 19.4. The van der Waals surface area contributed by atoms with Crippen LogP contribution in [0.15, 0.2) is 42.9 Å². The molecular weight excluding hydrogens is 423 g/mol. The van der Waals surface area contributed by atoms with Gasteiger partial charge in [-0.2, -0.15) is 23.4 Å². The Balaban J connectivity index is 1.79. The standard InChI is InChI=1S/C21H24F3N7O/c1-4-16(13-26-18-9-7-15(12-25-18)21(22,23)24)30(5-2)20(32)19-17(8-6-14(3)29-19)31-27-10-11-28-31/h6-12,16H,4-5,13H2,1-3H3,(H,25,26). The zero-order valence-corrected chi connectivity index (χ0v) is 18.0. The Morgan fingerprint density at radius 3 is 2.44 bits per heavy atom. The van der Waals surface area contributed by atoms with Gasteiger partial charge in [-0.05, 0) is 44.5 Å². The predicted octanol–water partition coefficient (Wildman–Crippen LogP) is 3.74. The number of hydrogen-bond acceptors (Lipinski definition) is 6. The van der Waals surface area contributed by atoms with Crippen molar-refractivity contribution in [2.75, 3.05) is 18.4 Å². The van der Waals surface area contributed by atoms with E-state index in [9.17, 15) is 18.0 Å². The second kappa shape index (κ2) is 9.75. The fourth-order valence-electron chi connectivity index (χ4n) is 3.28. The molecule has 0 radical (unpaired) electrons. The molecule has 170 valence electrons. The fourth-order valence-corrected chi connectivity index (χ4v) is 3.28. The first-order chi connectivity index (χ1) is 15.2. The van der Waals surface area contributed by atoms with E-state index < -0.39 is 11.7 Å². The summed E-state index contributed by atoms with van der Waals surface area (Å²) < 4.78 is 38.2. The molecule has 0 saturated carbocycles. The lowest BCUT2D eigenvalue weighted by molar-refractivity contribution is -0.137. The molecule has 1 amide bonds. The number of hydrogen-bond donors (Lipinski definition) is 1. The second-order valence-electron chi connectivity index (χ2n) is 7.10. The van der Waals surface area contributed by atoms with E-state index in [-0.39, 0.29) is 17.6 Å². The second-order valence-corrected chi connectivity index (χ2v) is 7.10. The molecule has 0 aromatic carbocycles. The number of halogens is 3. The molecule has 3 rings (SSSR count). The van der Waals surface area contributed by atoms with Crippen molar-refractivity contribution in [3.05, 3.63) is 59.8 Å². The summed E-state index contributed by atoms with van der Waals surface area (Å²) in [6.07, 6.45) is -0.00559. The molecule has 0 saturated heterocycles. The van der Waals surface area contributed by atoms with Gasteiger partial charge in [0.2, 0.25) is 0 Å². The number of pyridine rings is 2. The normalized spacial score (nSPS) is 12.4. The SMILES string of the molecule is CCC(CNc1ccc(C(F)(F)F)cn1)N(CC)C(=O)c1nc(C)ccc1-n1nccn1. The van der Waals surface area contributed by atoms with Gasteiger partial charge in [-0.15, -0.1) is 4.80 Å². The molecule has 3 heterocycles. The summed E-state index contributed by atoms with van der Waals surface area (Å²) in [5.41, 5.74) is 0.566. The van der Waals surface area contributed by atoms with Gasteiger partial charge >= 0.3 is 6.18 Å². The fraction of sp³-hybridized carbons (Fsp3) is 0.381. The summed E-state index contributed by atoms with van der Waals surface area (Å²) in [5.74, 6) is 0.0209. The highest BCUT2D eigenvalue weighted by Gasteiger charge is 2.31. The van der Waals surface area contributed by atoms with E-state index in [4.69, 9.17) is 0 Å². The number of nitrogens with zero attached hydrogens (tertiary/aromatic N) is 6. The van der Waals surface area contributed by atoms with Gasteiger partial charge in [0.15, 0.2) is 5.69 Å². The van der Waals surface area contributed by atoms with E-state index in [0.717, 1.165) is 12.3 Å². The number of carbonyl (C=O) groups is 1. The van der Waals surface area contributed by atoms with Crippen LogP contribution in [-0.2, 0) is 6.18 Å². The van der Waals surface area contributed by atoms with Crippen molar-refractivity contribution >= 4 is 11.7 Å².